The van der Waals surface area contributed by atoms with Crippen molar-refractivity contribution >= 4 is 80.9 Å². The molecule has 4 heterocycles. The maximum absolute atomic E-state index is 11.4. The molecule has 2 unspecified atom stereocenters. The Hall–Kier alpha value is -1.87. The molecule has 4 aliphatic rings. The predicted octanol–water partition coefficient (Wildman–Crippen LogP) is 7.55. The molecule has 4 saturated heterocycles. The van der Waals surface area contributed by atoms with E-state index in [0.29, 0.717) is 44.7 Å². The molecular formula is C37H53BrCl2N4O6S2. The Morgan fingerprint density at radius 1 is 0.827 bits per heavy atom. The Morgan fingerprint density at radius 3 is 1.63 bits per heavy atom. The number of thioether (sulfide) groups is 2. The zero-order valence-electron chi connectivity index (χ0n) is 30.4. The van der Waals surface area contributed by atoms with E-state index in [2.05, 4.69) is 50.5 Å². The standard InChI is InChI=1S/C18H25ClN2O2S.C14H18ClNOS.C4H8BrNO.CH2O2/c1-3-20-18(22)11-23-14-6-7-17(16(19)10-14)24-15-8-12-4-5-13(9-15)21(12)2;1-16-9-2-3-10(16)7-12(6-9)18-14-5-4-11(17)8-13(14)15;1-2-6-4(7)3-5;2-1-3/h6-7,10,12-13,15H,3-5,8-9,11H2,1-2H3,(H,20,22);4-5,8-10,12,17H,2-3,6-7H2,1H3;2-3H2,1H3,(H,6,7);1H,(H,2,3)/t12-,13+,15?;9-,10+,12?;;. The number of ether oxygens (including phenoxy) is 1. The van der Waals surface area contributed by atoms with E-state index in [-0.39, 0.29) is 30.6 Å². The summed E-state index contributed by atoms with van der Waals surface area (Å²) in [6.07, 6.45) is 10.4. The third kappa shape index (κ3) is 14.1. The maximum Gasteiger partial charge on any atom is 0.290 e. The van der Waals surface area contributed by atoms with Crippen molar-refractivity contribution in [3.8, 4) is 11.5 Å². The molecule has 10 nitrogen and oxygen atoms in total. The van der Waals surface area contributed by atoms with Gasteiger partial charge >= 0.3 is 0 Å². The molecule has 2 aromatic rings. The number of carbonyl (C=O) groups is 3. The van der Waals surface area contributed by atoms with E-state index in [9.17, 15) is 14.7 Å². The summed E-state index contributed by atoms with van der Waals surface area (Å²) in [4.78, 5) is 37.4. The summed E-state index contributed by atoms with van der Waals surface area (Å²) in [5.74, 6) is 0.809. The molecule has 2 amide bonds. The van der Waals surface area contributed by atoms with Gasteiger partial charge in [0.25, 0.3) is 12.4 Å². The Kier molecular flexibility index (Phi) is 19.8. The number of piperidine rings is 2. The van der Waals surface area contributed by atoms with Crippen molar-refractivity contribution in [2.24, 2.45) is 0 Å². The van der Waals surface area contributed by atoms with Crippen LogP contribution < -0.4 is 15.4 Å². The average Bonchev–Trinajstić information content (AvgIpc) is 3.42. The lowest BCUT2D eigenvalue weighted by molar-refractivity contribution is -0.123. The molecule has 4 aliphatic heterocycles. The summed E-state index contributed by atoms with van der Waals surface area (Å²) in [6.45, 7) is 4.87. The molecule has 290 valence electrons. The number of hydrogen-bond acceptors (Lipinski definition) is 9. The molecule has 6 rings (SSSR count). The number of nitrogens with zero attached hydrogens (tertiary/aromatic N) is 2. The first kappa shape index (κ1) is 44.5. The van der Waals surface area contributed by atoms with E-state index in [1.807, 2.05) is 61.6 Å². The first-order valence-electron chi connectivity index (χ1n) is 17.8. The number of amides is 2. The Morgan fingerprint density at radius 2 is 1.25 bits per heavy atom. The van der Waals surface area contributed by atoms with Gasteiger partial charge in [-0.1, -0.05) is 39.1 Å². The second-order valence-electron chi connectivity index (χ2n) is 13.2. The zero-order valence-corrected chi connectivity index (χ0v) is 35.1. The molecule has 15 heteroatoms. The normalized spacial score (nSPS) is 24.5. The van der Waals surface area contributed by atoms with Crippen molar-refractivity contribution in [1.82, 2.24) is 20.4 Å². The van der Waals surface area contributed by atoms with Gasteiger partial charge in [-0.15, -0.1) is 23.5 Å². The van der Waals surface area contributed by atoms with Gasteiger partial charge in [-0.05, 0) is 116 Å². The summed E-state index contributed by atoms with van der Waals surface area (Å²) in [7, 11) is 4.52. The minimum atomic E-state index is -0.250. The van der Waals surface area contributed by atoms with Crippen molar-refractivity contribution in [2.45, 2.75) is 110 Å². The van der Waals surface area contributed by atoms with E-state index in [4.69, 9.17) is 37.8 Å². The summed E-state index contributed by atoms with van der Waals surface area (Å²) in [5, 5.41) is 24.7. The first-order valence-corrected chi connectivity index (χ1v) is 21.4. The number of likely N-dealkylation sites (N-methyl/N-ethyl adjacent to an activating group) is 1. The van der Waals surface area contributed by atoms with E-state index >= 15 is 0 Å². The third-order valence-electron chi connectivity index (χ3n) is 9.76. The molecular weight excluding hydrogens is 811 g/mol. The van der Waals surface area contributed by atoms with Crippen LogP contribution >= 0.6 is 62.7 Å². The number of carboxylic acid groups (broad SMARTS) is 1. The molecule has 0 spiro atoms. The van der Waals surface area contributed by atoms with E-state index in [1.54, 1.807) is 12.1 Å². The highest BCUT2D eigenvalue weighted by atomic mass is 79.9. The summed E-state index contributed by atoms with van der Waals surface area (Å²) < 4.78 is 5.49. The van der Waals surface area contributed by atoms with Crippen molar-refractivity contribution in [2.75, 3.05) is 39.1 Å². The molecule has 6 atom stereocenters. The van der Waals surface area contributed by atoms with Crippen LogP contribution in [0.1, 0.15) is 65.2 Å². The average molecular weight is 865 g/mol. The number of phenolic OH excluding ortho intramolecular Hbond substituents is 1. The second-order valence-corrected chi connectivity index (χ2v) is 17.2. The van der Waals surface area contributed by atoms with Gasteiger partial charge in [-0.2, -0.15) is 0 Å². The lowest BCUT2D eigenvalue weighted by atomic mass is 10.0. The van der Waals surface area contributed by atoms with Crippen LogP contribution in [0.25, 0.3) is 0 Å². The van der Waals surface area contributed by atoms with Crippen LogP contribution in [-0.4, -0.2) is 112 Å². The predicted molar refractivity (Wildman–Crippen MR) is 217 cm³/mol. The largest absolute Gasteiger partial charge is 0.508 e. The summed E-state index contributed by atoms with van der Waals surface area (Å²) >= 11 is 19.4. The number of phenols is 1. The van der Waals surface area contributed by atoms with Gasteiger partial charge in [0.2, 0.25) is 5.91 Å². The summed E-state index contributed by atoms with van der Waals surface area (Å²) in [6, 6.07) is 14.0. The van der Waals surface area contributed by atoms with Crippen molar-refractivity contribution < 1.29 is 29.3 Å². The SMILES string of the molecule is CCNC(=O)CBr.CCNC(=O)COc1ccc(SC2C[C@H]3CC[C@@H](C2)N3C)c(Cl)c1.CN1[C@@H]2CC[C@H]1CC(Sc1ccc(O)cc1Cl)C2.O=CO. The second kappa shape index (κ2) is 23.1. The van der Waals surface area contributed by atoms with Gasteiger partial charge in [0.05, 0.1) is 15.4 Å². The van der Waals surface area contributed by atoms with Crippen LogP contribution in [0.2, 0.25) is 10.0 Å². The van der Waals surface area contributed by atoms with Crippen LogP contribution in [0.4, 0.5) is 0 Å². The van der Waals surface area contributed by atoms with Gasteiger partial charge in [0.15, 0.2) is 6.61 Å². The molecule has 2 aromatic carbocycles. The number of fused-ring (bicyclic) bond motifs is 4. The monoisotopic (exact) mass is 862 g/mol. The number of aromatic hydroxyl groups is 1. The number of rotatable bonds is 10. The lowest BCUT2D eigenvalue weighted by Crippen LogP contribution is -2.40. The van der Waals surface area contributed by atoms with E-state index < -0.39 is 0 Å². The number of carbonyl (C=O) groups excluding carboxylic acids is 2. The van der Waals surface area contributed by atoms with Gasteiger partial charge in [0, 0.05) is 57.5 Å². The first-order chi connectivity index (χ1) is 24.9. The van der Waals surface area contributed by atoms with E-state index in [0.717, 1.165) is 34.0 Å². The molecule has 0 saturated carbocycles. The van der Waals surface area contributed by atoms with Gasteiger partial charge in [-0.3, -0.25) is 14.4 Å². The number of halogens is 3. The fourth-order valence-electron chi connectivity index (χ4n) is 7.17. The molecule has 4 fully saturated rings. The molecule has 4 bridgehead atoms. The third-order valence-corrected chi connectivity index (χ3v) is 13.8. The number of hydrogen-bond donors (Lipinski definition) is 4. The van der Waals surface area contributed by atoms with Gasteiger partial charge < -0.3 is 35.4 Å². The fourth-order valence-corrected chi connectivity index (χ4v) is 10.6. The smallest absolute Gasteiger partial charge is 0.290 e. The van der Waals surface area contributed by atoms with Crippen LogP contribution in [0.15, 0.2) is 46.2 Å². The Balaban J connectivity index is 0.000000228. The van der Waals surface area contributed by atoms with Crippen LogP contribution in [0.5, 0.6) is 11.5 Å². The Bertz CT molecular complexity index is 1420. The number of alkyl halides is 1. The maximum atomic E-state index is 11.4. The number of nitrogens with one attached hydrogen (secondary N) is 2. The highest BCUT2D eigenvalue weighted by molar-refractivity contribution is 9.09. The van der Waals surface area contributed by atoms with Gasteiger partial charge in [0.1, 0.15) is 11.5 Å². The highest BCUT2D eigenvalue weighted by Gasteiger charge is 2.39. The van der Waals surface area contributed by atoms with E-state index in [1.165, 1.54) is 51.4 Å². The van der Waals surface area contributed by atoms with Crippen LogP contribution in [0, 0.1) is 0 Å². The van der Waals surface area contributed by atoms with Gasteiger partial charge in [-0.25, -0.2) is 0 Å². The molecule has 0 radical (unpaired) electrons. The molecule has 4 N–H and O–H groups in total. The van der Waals surface area contributed by atoms with Crippen molar-refractivity contribution in [1.29, 1.82) is 0 Å². The van der Waals surface area contributed by atoms with Crippen molar-refractivity contribution in [3.63, 3.8) is 0 Å². The van der Waals surface area contributed by atoms with Crippen LogP contribution in [-0.2, 0) is 14.4 Å². The zero-order chi connectivity index (χ0) is 38.2. The molecule has 52 heavy (non-hydrogen) atoms. The lowest BCUT2D eigenvalue weighted by Gasteiger charge is -2.36. The quantitative estimate of drug-likeness (QED) is 0.140. The molecule has 0 aromatic heterocycles. The minimum Gasteiger partial charge on any atom is -0.508 e. The van der Waals surface area contributed by atoms with Crippen LogP contribution in [0.3, 0.4) is 0 Å². The highest BCUT2D eigenvalue weighted by Crippen LogP contribution is 2.44. The Labute approximate surface area is 335 Å². The fraction of sp³-hybridized carbons (Fsp3) is 0.595. The van der Waals surface area contributed by atoms with Crippen molar-refractivity contribution in [3.05, 3.63) is 46.4 Å². The number of benzene rings is 2. The summed E-state index contributed by atoms with van der Waals surface area (Å²) in [5.41, 5.74) is 0. The topological polar surface area (TPSA) is 131 Å². The minimum absolute atomic E-state index is 0.0228. The molecule has 0 aliphatic carbocycles.